The number of rotatable bonds is 18. The first-order chi connectivity index (χ1) is 13.0. The average molecular weight is 385 g/mol. The fourth-order valence-corrected chi connectivity index (χ4v) is 3.01. The van der Waals surface area contributed by atoms with Crippen molar-refractivity contribution in [2.45, 2.75) is 110 Å². The van der Waals surface area contributed by atoms with Gasteiger partial charge in [-0.25, -0.2) is 0 Å². The Bertz CT molecular complexity index is 382. The Morgan fingerprint density at radius 2 is 1.48 bits per heavy atom. The van der Waals surface area contributed by atoms with Crippen LogP contribution in [0.4, 0.5) is 0 Å². The van der Waals surface area contributed by atoms with Crippen LogP contribution in [0.5, 0.6) is 0 Å². The number of nitrogens with one attached hydrogen (secondary N) is 1. The molecule has 0 saturated carbocycles. The lowest BCUT2D eigenvalue weighted by atomic mass is 10.1. The molecular weight excluding hydrogens is 340 g/mol. The van der Waals surface area contributed by atoms with E-state index in [1.165, 1.54) is 57.8 Å². The number of esters is 1. The normalized spacial score (nSPS) is 12.1. The third-order valence-electron chi connectivity index (χ3n) is 4.50. The summed E-state index contributed by atoms with van der Waals surface area (Å²) in [6.07, 6.45) is 14.4. The van der Waals surface area contributed by atoms with Crippen LogP contribution in [-0.4, -0.2) is 37.2 Å². The molecule has 0 unspecified atom stereocenters. The lowest BCUT2D eigenvalue weighted by Gasteiger charge is -2.19. The average Bonchev–Trinajstić information content (AvgIpc) is 2.60. The van der Waals surface area contributed by atoms with Crippen molar-refractivity contribution in [1.82, 2.24) is 5.32 Å². The number of aliphatic imine (C=N–C) groups is 1. The van der Waals surface area contributed by atoms with Crippen LogP contribution in [0.15, 0.2) is 4.99 Å². The summed E-state index contributed by atoms with van der Waals surface area (Å²) in [7, 11) is 0. The summed E-state index contributed by atoms with van der Waals surface area (Å²) in [6, 6.07) is -0.278. The number of hydrogen-bond donors (Lipinski definition) is 3. The maximum absolute atomic E-state index is 12.2. The van der Waals surface area contributed by atoms with Gasteiger partial charge in [0.1, 0.15) is 6.04 Å². The Morgan fingerprint density at radius 1 is 0.926 bits per heavy atom. The van der Waals surface area contributed by atoms with E-state index in [9.17, 15) is 4.79 Å². The van der Waals surface area contributed by atoms with Gasteiger partial charge in [0.25, 0.3) is 0 Å². The maximum atomic E-state index is 12.2. The van der Waals surface area contributed by atoms with E-state index in [2.05, 4.69) is 17.2 Å². The van der Waals surface area contributed by atoms with Crippen molar-refractivity contribution < 1.29 is 9.53 Å². The van der Waals surface area contributed by atoms with Crippen molar-refractivity contribution in [3.05, 3.63) is 0 Å². The Morgan fingerprint density at radius 3 is 2.00 bits per heavy atom. The van der Waals surface area contributed by atoms with Crippen molar-refractivity contribution in [2.24, 2.45) is 16.5 Å². The molecule has 1 atom stereocenters. The molecule has 5 N–H and O–H groups in total. The topological polar surface area (TPSA) is 103 Å². The van der Waals surface area contributed by atoms with Gasteiger partial charge >= 0.3 is 5.97 Å². The highest BCUT2D eigenvalue weighted by Gasteiger charge is 2.19. The van der Waals surface area contributed by atoms with E-state index in [1.54, 1.807) is 0 Å². The van der Waals surface area contributed by atoms with E-state index in [4.69, 9.17) is 16.2 Å². The summed E-state index contributed by atoms with van der Waals surface area (Å²) in [4.78, 5) is 16.2. The summed E-state index contributed by atoms with van der Waals surface area (Å²) >= 11 is 0. The molecule has 0 amide bonds. The van der Waals surface area contributed by atoms with Gasteiger partial charge in [-0.05, 0) is 39.7 Å². The van der Waals surface area contributed by atoms with E-state index in [0.29, 0.717) is 13.0 Å². The SMILES string of the molecule is CCCCCCCCCCCCN[C@@H](CCCN=C(N)N)C(=O)OC(C)C. The van der Waals surface area contributed by atoms with Crippen molar-refractivity contribution in [3.8, 4) is 0 Å². The van der Waals surface area contributed by atoms with Crippen LogP contribution in [0.25, 0.3) is 0 Å². The molecule has 6 nitrogen and oxygen atoms in total. The van der Waals surface area contributed by atoms with Crippen LogP contribution in [0.1, 0.15) is 97.8 Å². The molecule has 0 saturated heterocycles. The highest BCUT2D eigenvalue weighted by atomic mass is 16.5. The maximum Gasteiger partial charge on any atom is 0.323 e. The van der Waals surface area contributed by atoms with Crippen LogP contribution >= 0.6 is 0 Å². The number of guanidine groups is 1. The van der Waals surface area contributed by atoms with Crippen molar-refractivity contribution in [2.75, 3.05) is 13.1 Å². The van der Waals surface area contributed by atoms with E-state index in [-0.39, 0.29) is 24.1 Å². The van der Waals surface area contributed by atoms with Gasteiger partial charge in [-0.1, -0.05) is 64.7 Å². The van der Waals surface area contributed by atoms with Crippen molar-refractivity contribution in [3.63, 3.8) is 0 Å². The molecule has 0 aliphatic rings. The summed E-state index contributed by atoms with van der Waals surface area (Å²) < 4.78 is 5.35. The standard InChI is InChI=1S/C21H44N4O2/c1-4-5-6-7-8-9-10-11-12-13-16-24-19(20(26)27-18(2)3)15-14-17-25-21(22)23/h18-19,24H,4-17H2,1-3H3,(H4,22,23,25)/t19-/m0/s1. The van der Waals surface area contributed by atoms with Gasteiger partial charge in [-0.2, -0.15) is 0 Å². The largest absolute Gasteiger partial charge is 0.462 e. The quantitative estimate of drug-likeness (QED) is 0.144. The molecule has 0 bridgehead atoms. The van der Waals surface area contributed by atoms with Crippen LogP contribution in [-0.2, 0) is 9.53 Å². The zero-order valence-electron chi connectivity index (χ0n) is 18.0. The second-order valence-electron chi connectivity index (χ2n) is 7.62. The summed E-state index contributed by atoms with van der Waals surface area (Å²) in [5, 5.41) is 3.35. The summed E-state index contributed by atoms with van der Waals surface area (Å²) in [5.41, 5.74) is 10.7. The number of nitrogens with zero attached hydrogens (tertiary/aromatic N) is 1. The number of carbonyl (C=O) groups excluding carboxylic acids is 1. The molecule has 0 spiro atoms. The van der Waals surface area contributed by atoms with E-state index in [0.717, 1.165) is 19.4 Å². The lowest BCUT2D eigenvalue weighted by molar-refractivity contribution is -0.150. The minimum absolute atomic E-state index is 0.0922. The van der Waals surface area contributed by atoms with E-state index < -0.39 is 0 Å². The lowest BCUT2D eigenvalue weighted by Crippen LogP contribution is -2.39. The monoisotopic (exact) mass is 384 g/mol. The zero-order valence-corrected chi connectivity index (χ0v) is 18.0. The number of ether oxygens (including phenoxy) is 1. The molecule has 0 fully saturated rings. The van der Waals surface area contributed by atoms with Crippen molar-refractivity contribution >= 4 is 11.9 Å². The molecule has 0 rings (SSSR count). The molecule has 0 aromatic heterocycles. The first-order valence-corrected chi connectivity index (χ1v) is 11.0. The fourth-order valence-electron chi connectivity index (χ4n) is 3.01. The minimum atomic E-state index is -0.278. The molecule has 160 valence electrons. The zero-order chi connectivity index (χ0) is 20.3. The number of unbranched alkanes of at least 4 members (excludes halogenated alkanes) is 9. The van der Waals surface area contributed by atoms with Gasteiger partial charge in [0.2, 0.25) is 0 Å². The first kappa shape index (κ1) is 25.7. The van der Waals surface area contributed by atoms with Gasteiger partial charge in [0.15, 0.2) is 5.96 Å². The molecular formula is C21H44N4O2. The Labute approximate surface area is 166 Å². The van der Waals surface area contributed by atoms with Gasteiger partial charge < -0.3 is 21.5 Å². The summed E-state index contributed by atoms with van der Waals surface area (Å²) in [6.45, 7) is 7.38. The second kappa shape index (κ2) is 18.1. The molecule has 27 heavy (non-hydrogen) atoms. The van der Waals surface area contributed by atoms with Gasteiger partial charge in [0, 0.05) is 6.54 Å². The summed E-state index contributed by atoms with van der Waals surface area (Å²) in [5.74, 6) is -0.0867. The van der Waals surface area contributed by atoms with Crippen molar-refractivity contribution in [1.29, 1.82) is 0 Å². The molecule has 0 aromatic carbocycles. The van der Waals surface area contributed by atoms with Crippen LogP contribution in [0.3, 0.4) is 0 Å². The molecule has 6 heteroatoms. The smallest absolute Gasteiger partial charge is 0.323 e. The van der Waals surface area contributed by atoms with Gasteiger partial charge in [0.05, 0.1) is 6.10 Å². The van der Waals surface area contributed by atoms with Gasteiger partial charge in [-0.15, -0.1) is 0 Å². The Kier molecular flexibility index (Phi) is 17.2. The van der Waals surface area contributed by atoms with Gasteiger partial charge in [-0.3, -0.25) is 9.79 Å². The fraction of sp³-hybridized carbons (Fsp3) is 0.905. The molecule has 0 aliphatic carbocycles. The highest BCUT2D eigenvalue weighted by Crippen LogP contribution is 2.10. The Balaban J connectivity index is 3.87. The van der Waals surface area contributed by atoms with E-state index >= 15 is 0 Å². The van der Waals surface area contributed by atoms with Crippen LogP contribution in [0.2, 0.25) is 0 Å². The first-order valence-electron chi connectivity index (χ1n) is 11.0. The minimum Gasteiger partial charge on any atom is -0.462 e. The number of nitrogens with two attached hydrogens (primary N) is 2. The third-order valence-corrected chi connectivity index (χ3v) is 4.50. The predicted octanol–water partition coefficient (Wildman–Crippen LogP) is 3.87. The Hall–Kier alpha value is -1.30. The third kappa shape index (κ3) is 17.9. The molecule has 0 aromatic rings. The van der Waals surface area contributed by atoms with Crippen LogP contribution in [0, 0.1) is 0 Å². The molecule has 0 aliphatic heterocycles. The predicted molar refractivity (Wildman–Crippen MR) is 115 cm³/mol. The highest BCUT2D eigenvalue weighted by molar-refractivity contribution is 5.76. The van der Waals surface area contributed by atoms with E-state index in [1.807, 2.05) is 13.8 Å². The number of hydrogen-bond acceptors (Lipinski definition) is 4. The number of carbonyl (C=O) groups is 1. The second-order valence-corrected chi connectivity index (χ2v) is 7.62. The molecule has 0 radical (unpaired) electrons. The molecule has 0 heterocycles. The van der Waals surface area contributed by atoms with Crippen LogP contribution < -0.4 is 16.8 Å².